The topological polar surface area (TPSA) is 62.3 Å². The number of carbonyl (C=O) groups is 2. The van der Waals surface area contributed by atoms with Crippen LogP contribution in [0.1, 0.15) is 37.7 Å². The average molecular weight is 392 g/mol. The molecule has 7 heteroatoms. The lowest BCUT2D eigenvalue weighted by atomic mass is 9.94. The summed E-state index contributed by atoms with van der Waals surface area (Å²) in [5.41, 5.74) is 2.04. The van der Waals surface area contributed by atoms with Crippen LogP contribution in [0.4, 0.5) is 5.13 Å². The van der Waals surface area contributed by atoms with Crippen molar-refractivity contribution < 1.29 is 9.59 Å². The summed E-state index contributed by atoms with van der Waals surface area (Å²) in [4.78, 5) is 30.8. The van der Waals surface area contributed by atoms with Crippen molar-refractivity contribution in [3.05, 3.63) is 23.8 Å². The van der Waals surface area contributed by atoms with Crippen molar-refractivity contribution >= 4 is 50.3 Å². The largest absolute Gasteiger partial charge is 0.342 e. The van der Waals surface area contributed by atoms with Gasteiger partial charge in [0.05, 0.1) is 21.7 Å². The molecule has 0 atom stereocenters. The van der Waals surface area contributed by atoms with Crippen LogP contribution in [0, 0.1) is 6.92 Å². The van der Waals surface area contributed by atoms with E-state index in [0.717, 1.165) is 28.6 Å². The van der Waals surface area contributed by atoms with E-state index in [2.05, 4.69) is 10.3 Å². The monoisotopic (exact) mass is 391 g/mol. The number of anilines is 1. The van der Waals surface area contributed by atoms with E-state index in [1.54, 1.807) is 0 Å². The second-order valence-corrected chi connectivity index (χ2v) is 8.79. The van der Waals surface area contributed by atoms with Gasteiger partial charge < -0.3 is 10.2 Å². The quantitative estimate of drug-likeness (QED) is 0.806. The molecule has 1 heterocycles. The summed E-state index contributed by atoms with van der Waals surface area (Å²) >= 11 is 2.84. The van der Waals surface area contributed by atoms with Gasteiger partial charge in [-0.1, -0.05) is 42.7 Å². The molecule has 1 aliphatic rings. The van der Waals surface area contributed by atoms with E-state index in [4.69, 9.17) is 0 Å². The summed E-state index contributed by atoms with van der Waals surface area (Å²) < 4.78 is 1.07. The lowest BCUT2D eigenvalue weighted by molar-refractivity contribution is -0.129. The van der Waals surface area contributed by atoms with Gasteiger partial charge in [0.25, 0.3) is 0 Å². The number of rotatable bonds is 6. The smallest absolute Gasteiger partial charge is 0.236 e. The van der Waals surface area contributed by atoms with E-state index in [9.17, 15) is 9.59 Å². The molecule has 1 fully saturated rings. The second-order valence-electron chi connectivity index (χ2n) is 6.78. The van der Waals surface area contributed by atoms with E-state index < -0.39 is 0 Å². The standard InChI is InChI=1S/C19H25N3O2S2/c1-13-7-6-10-15-18(13)21-19(26-15)20-16(23)11-25-12-17(24)22(2)14-8-4-3-5-9-14/h6-7,10,14H,3-5,8-9,11-12H2,1-2H3,(H,20,21,23). The van der Waals surface area contributed by atoms with Gasteiger partial charge in [-0.15, -0.1) is 11.8 Å². The van der Waals surface area contributed by atoms with Gasteiger partial charge in [0.2, 0.25) is 11.8 Å². The summed E-state index contributed by atoms with van der Waals surface area (Å²) in [6, 6.07) is 6.38. The first-order valence-electron chi connectivity index (χ1n) is 9.04. The molecule has 0 spiro atoms. The van der Waals surface area contributed by atoms with Gasteiger partial charge in [-0.25, -0.2) is 4.98 Å². The van der Waals surface area contributed by atoms with Crippen molar-refractivity contribution in [2.24, 2.45) is 0 Å². The van der Waals surface area contributed by atoms with E-state index in [-0.39, 0.29) is 17.6 Å². The molecule has 1 saturated carbocycles. The van der Waals surface area contributed by atoms with Crippen LogP contribution in [0.3, 0.4) is 0 Å². The van der Waals surface area contributed by atoms with Crippen LogP contribution in [0.2, 0.25) is 0 Å². The van der Waals surface area contributed by atoms with E-state index in [0.29, 0.717) is 16.9 Å². The van der Waals surface area contributed by atoms with Crippen LogP contribution in [0.5, 0.6) is 0 Å². The molecule has 2 amide bonds. The minimum absolute atomic E-state index is 0.111. The van der Waals surface area contributed by atoms with Gasteiger partial charge in [0.1, 0.15) is 0 Å². The predicted octanol–water partition coefficient (Wildman–Crippen LogP) is 4.07. The SMILES string of the molecule is Cc1cccc2sc(NC(=O)CSCC(=O)N(C)C3CCCCC3)nc12. The zero-order valence-corrected chi connectivity index (χ0v) is 16.9. The fraction of sp³-hybridized carbons (Fsp3) is 0.526. The fourth-order valence-corrected chi connectivity index (χ4v) is 5.00. The summed E-state index contributed by atoms with van der Waals surface area (Å²) in [5.74, 6) is 0.614. The molecule has 1 aromatic carbocycles. The maximum atomic E-state index is 12.3. The van der Waals surface area contributed by atoms with Gasteiger partial charge in [-0.3, -0.25) is 9.59 Å². The molecule has 2 aromatic rings. The Hall–Kier alpha value is -1.60. The molecule has 1 aromatic heterocycles. The Balaban J connectivity index is 1.44. The molecule has 0 unspecified atom stereocenters. The number of nitrogens with one attached hydrogen (secondary N) is 1. The van der Waals surface area contributed by atoms with Crippen molar-refractivity contribution in [2.75, 3.05) is 23.9 Å². The van der Waals surface area contributed by atoms with Crippen LogP contribution in [0.15, 0.2) is 18.2 Å². The Morgan fingerprint density at radius 2 is 2.04 bits per heavy atom. The Kier molecular flexibility index (Phi) is 6.53. The number of amides is 2. The first-order chi connectivity index (χ1) is 12.5. The molecule has 5 nitrogen and oxygen atoms in total. The van der Waals surface area contributed by atoms with E-state index in [1.807, 2.05) is 37.1 Å². The highest BCUT2D eigenvalue weighted by Crippen LogP contribution is 2.28. The molecule has 0 saturated heterocycles. The zero-order valence-electron chi connectivity index (χ0n) is 15.3. The first-order valence-corrected chi connectivity index (χ1v) is 11.0. The highest BCUT2D eigenvalue weighted by atomic mass is 32.2. The molecule has 0 bridgehead atoms. The van der Waals surface area contributed by atoms with E-state index >= 15 is 0 Å². The molecule has 1 N–H and O–H groups in total. The lowest BCUT2D eigenvalue weighted by Gasteiger charge is -2.31. The van der Waals surface area contributed by atoms with Gasteiger partial charge >= 0.3 is 0 Å². The Labute approximate surface area is 162 Å². The maximum absolute atomic E-state index is 12.3. The summed E-state index contributed by atoms with van der Waals surface area (Å²) in [6.45, 7) is 2.01. The molecule has 0 aliphatic heterocycles. The Morgan fingerprint density at radius 1 is 1.27 bits per heavy atom. The van der Waals surface area contributed by atoms with Crippen molar-refractivity contribution in [1.82, 2.24) is 9.88 Å². The summed E-state index contributed by atoms with van der Waals surface area (Å²) in [6.07, 6.45) is 5.90. The van der Waals surface area contributed by atoms with Gasteiger partial charge in [-0.05, 0) is 31.4 Å². The Morgan fingerprint density at radius 3 is 2.77 bits per heavy atom. The molecular formula is C19H25N3O2S2. The number of benzene rings is 1. The number of aromatic nitrogens is 1. The second kappa shape index (κ2) is 8.86. The maximum Gasteiger partial charge on any atom is 0.236 e. The number of carbonyl (C=O) groups excluding carboxylic acids is 2. The number of para-hydroxylation sites is 1. The Bertz CT molecular complexity index is 784. The van der Waals surface area contributed by atoms with Crippen LogP contribution in [0.25, 0.3) is 10.2 Å². The molecular weight excluding hydrogens is 366 g/mol. The molecule has 140 valence electrons. The third-order valence-corrected chi connectivity index (χ3v) is 6.70. The molecule has 1 aliphatic carbocycles. The van der Waals surface area contributed by atoms with Crippen LogP contribution in [-0.4, -0.2) is 46.3 Å². The van der Waals surface area contributed by atoms with Crippen molar-refractivity contribution in [1.29, 1.82) is 0 Å². The van der Waals surface area contributed by atoms with Crippen LogP contribution < -0.4 is 5.32 Å². The third kappa shape index (κ3) is 4.76. The van der Waals surface area contributed by atoms with Crippen molar-refractivity contribution in [3.8, 4) is 0 Å². The number of nitrogens with zero attached hydrogens (tertiary/aromatic N) is 2. The number of fused-ring (bicyclic) bond motifs is 1. The highest BCUT2D eigenvalue weighted by Gasteiger charge is 2.22. The normalized spacial score (nSPS) is 15.2. The predicted molar refractivity (Wildman–Crippen MR) is 110 cm³/mol. The molecule has 3 rings (SSSR count). The summed E-state index contributed by atoms with van der Waals surface area (Å²) in [5, 5.41) is 3.46. The minimum atomic E-state index is -0.111. The minimum Gasteiger partial charge on any atom is -0.342 e. The van der Waals surface area contributed by atoms with Gasteiger partial charge in [0.15, 0.2) is 5.13 Å². The van der Waals surface area contributed by atoms with Gasteiger partial charge in [0, 0.05) is 13.1 Å². The highest BCUT2D eigenvalue weighted by molar-refractivity contribution is 8.00. The van der Waals surface area contributed by atoms with Crippen molar-refractivity contribution in [3.63, 3.8) is 0 Å². The third-order valence-electron chi connectivity index (χ3n) is 4.84. The fourth-order valence-electron chi connectivity index (χ4n) is 3.30. The number of thioether (sulfide) groups is 1. The molecule has 0 radical (unpaired) electrons. The van der Waals surface area contributed by atoms with Crippen LogP contribution >= 0.6 is 23.1 Å². The van der Waals surface area contributed by atoms with Crippen molar-refractivity contribution in [2.45, 2.75) is 45.1 Å². The zero-order chi connectivity index (χ0) is 18.5. The van der Waals surface area contributed by atoms with Crippen LogP contribution in [-0.2, 0) is 9.59 Å². The summed E-state index contributed by atoms with van der Waals surface area (Å²) in [7, 11) is 1.89. The number of hydrogen-bond donors (Lipinski definition) is 1. The lowest BCUT2D eigenvalue weighted by Crippen LogP contribution is -2.39. The first kappa shape index (κ1) is 19.2. The number of aryl methyl sites for hydroxylation is 1. The molecule has 26 heavy (non-hydrogen) atoms. The average Bonchev–Trinajstić information content (AvgIpc) is 3.05. The van der Waals surface area contributed by atoms with E-state index in [1.165, 1.54) is 42.4 Å². The number of thiazole rings is 1. The van der Waals surface area contributed by atoms with Gasteiger partial charge in [-0.2, -0.15) is 0 Å². The number of hydrogen-bond acceptors (Lipinski definition) is 5.